The summed E-state index contributed by atoms with van der Waals surface area (Å²) in [6.45, 7) is 4.56. The van der Waals surface area contributed by atoms with Crippen molar-refractivity contribution in [2.75, 3.05) is 26.7 Å². The van der Waals surface area contributed by atoms with Crippen LogP contribution in [0.2, 0.25) is 0 Å². The Hall–Kier alpha value is -0.870. The lowest BCUT2D eigenvalue weighted by atomic mass is 10.0. The number of hydrogen-bond donors (Lipinski definition) is 1. The SMILES string of the molecule is CN(CCCC1CCNC1)Cc1nccn1C. The van der Waals surface area contributed by atoms with E-state index in [1.165, 1.54) is 38.9 Å². The van der Waals surface area contributed by atoms with Gasteiger partial charge in [0.15, 0.2) is 0 Å². The molecule has 0 spiro atoms. The number of rotatable bonds is 6. The van der Waals surface area contributed by atoms with Crippen LogP contribution in [0.15, 0.2) is 12.4 Å². The summed E-state index contributed by atoms with van der Waals surface area (Å²) in [6, 6.07) is 0. The fourth-order valence-corrected chi connectivity index (χ4v) is 2.48. The van der Waals surface area contributed by atoms with Crippen LogP contribution >= 0.6 is 0 Å². The number of aromatic nitrogens is 2. The second-order valence-electron chi connectivity index (χ2n) is 5.19. The molecule has 0 aromatic carbocycles. The average Bonchev–Trinajstić information content (AvgIpc) is 2.92. The molecule has 1 aromatic rings. The standard InChI is InChI=1S/C13H24N4/c1-16(11-13-15-7-9-17(13)2)8-3-4-12-5-6-14-10-12/h7,9,12,14H,3-6,8,10-11H2,1-2H3. The molecule has 1 saturated heterocycles. The second-order valence-corrected chi connectivity index (χ2v) is 5.19. The van der Waals surface area contributed by atoms with Gasteiger partial charge in [-0.2, -0.15) is 0 Å². The zero-order chi connectivity index (χ0) is 12.1. The molecule has 96 valence electrons. The lowest BCUT2D eigenvalue weighted by Gasteiger charge is -2.17. The summed E-state index contributed by atoms with van der Waals surface area (Å²) < 4.78 is 2.09. The van der Waals surface area contributed by atoms with Crippen molar-refractivity contribution in [3.63, 3.8) is 0 Å². The first-order valence-electron chi connectivity index (χ1n) is 6.61. The van der Waals surface area contributed by atoms with E-state index in [0.717, 1.165) is 18.3 Å². The van der Waals surface area contributed by atoms with E-state index in [4.69, 9.17) is 0 Å². The molecule has 0 bridgehead atoms. The van der Waals surface area contributed by atoms with Gasteiger partial charge < -0.3 is 9.88 Å². The van der Waals surface area contributed by atoms with Crippen molar-refractivity contribution in [1.82, 2.24) is 19.8 Å². The zero-order valence-corrected chi connectivity index (χ0v) is 11.0. The lowest BCUT2D eigenvalue weighted by molar-refractivity contribution is 0.298. The summed E-state index contributed by atoms with van der Waals surface area (Å²) >= 11 is 0. The van der Waals surface area contributed by atoms with Gasteiger partial charge in [0.25, 0.3) is 0 Å². The molecule has 4 nitrogen and oxygen atoms in total. The Morgan fingerprint density at radius 2 is 2.47 bits per heavy atom. The third-order valence-electron chi connectivity index (χ3n) is 3.65. The van der Waals surface area contributed by atoms with Crippen LogP contribution in [0.5, 0.6) is 0 Å². The second kappa shape index (κ2) is 6.17. The van der Waals surface area contributed by atoms with Crippen LogP contribution < -0.4 is 5.32 Å². The van der Waals surface area contributed by atoms with Crippen LogP contribution in [0.4, 0.5) is 0 Å². The molecule has 1 aliphatic heterocycles. The molecule has 1 N–H and O–H groups in total. The van der Waals surface area contributed by atoms with Gasteiger partial charge in [0.1, 0.15) is 5.82 Å². The Morgan fingerprint density at radius 1 is 1.59 bits per heavy atom. The van der Waals surface area contributed by atoms with E-state index < -0.39 is 0 Å². The average molecular weight is 236 g/mol. The first-order valence-corrected chi connectivity index (χ1v) is 6.61. The summed E-state index contributed by atoms with van der Waals surface area (Å²) in [5.41, 5.74) is 0. The number of nitrogens with one attached hydrogen (secondary N) is 1. The van der Waals surface area contributed by atoms with E-state index in [1.54, 1.807) is 0 Å². The van der Waals surface area contributed by atoms with Crippen molar-refractivity contribution in [2.24, 2.45) is 13.0 Å². The Labute approximate surface area is 104 Å². The molecule has 2 heterocycles. The third-order valence-corrected chi connectivity index (χ3v) is 3.65. The highest BCUT2D eigenvalue weighted by atomic mass is 15.1. The molecule has 17 heavy (non-hydrogen) atoms. The molecule has 1 fully saturated rings. The van der Waals surface area contributed by atoms with E-state index >= 15 is 0 Å². The minimum absolute atomic E-state index is 0.913. The minimum Gasteiger partial charge on any atom is -0.337 e. The van der Waals surface area contributed by atoms with Crippen molar-refractivity contribution in [2.45, 2.75) is 25.8 Å². The lowest BCUT2D eigenvalue weighted by Crippen LogP contribution is -2.22. The monoisotopic (exact) mass is 236 g/mol. The van der Waals surface area contributed by atoms with Crippen molar-refractivity contribution in [3.05, 3.63) is 18.2 Å². The minimum atomic E-state index is 0.913. The highest BCUT2D eigenvalue weighted by Gasteiger charge is 2.14. The number of hydrogen-bond acceptors (Lipinski definition) is 3. The predicted octanol–water partition coefficient (Wildman–Crippen LogP) is 1.24. The highest BCUT2D eigenvalue weighted by Crippen LogP contribution is 2.14. The van der Waals surface area contributed by atoms with Crippen molar-refractivity contribution < 1.29 is 0 Å². The molecule has 4 heteroatoms. The molecule has 0 saturated carbocycles. The molecular weight excluding hydrogens is 212 g/mol. The fraction of sp³-hybridized carbons (Fsp3) is 0.769. The molecule has 2 rings (SSSR count). The molecule has 1 unspecified atom stereocenters. The maximum absolute atomic E-state index is 4.35. The van der Waals surface area contributed by atoms with Gasteiger partial charge in [0, 0.05) is 19.4 Å². The Kier molecular flexibility index (Phi) is 4.57. The first-order chi connectivity index (χ1) is 8.25. The van der Waals surface area contributed by atoms with Crippen molar-refractivity contribution in [1.29, 1.82) is 0 Å². The first kappa shape index (κ1) is 12.6. The predicted molar refractivity (Wildman–Crippen MR) is 69.8 cm³/mol. The number of aryl methyl sites for hydroxylation is 1. The molecule has 0 radical (unpaired) electrons. The molecule has 1 atom stereocenters. The van der Waals surface area contributed by atoms with Gasteiger partial charge in [-0.1, -0.05) is 0 Å². The van der Waals surface area contributed by atoms with Gasteiger partial charge in [0.2, 0.25) is 0 Å². The van der Waals surface area contributed by atoms with Crippen LogP contribution in [-0.4, -0.2) is 41.1 Å². The number of imidazole rings is 1. The Morgan fingerprint density at radius 3 is 3.12 bits per heavy atom. The molecule has 1 aromatic heterocycles. The third kappa shape index (κ3) is 3.82. The quantitative estimate of drug-likeness (QED) is 0.807. The van der Waals surface area contributed by atoms with E-state index in [1.807, 2.05) is 12.4 Å². The van der Waals surface area contributed by atoms with Crippen LogP contribution in [0.25, 0.3) is 0 Å². The summed E-state index contributed by atoms with van der Waals surface area (Å²) in [6.07, 6.45) is 7.90. The van der Waals surface area contributed by atoms with Gasteiger partial charge in [0.05, 0.1) is 6.54 Å². The zero-order valence-electron chi connectivity index (χ0n) is 11.0. The summed E-state index contributed by atoms with van der Waals surface area (Å²) in [4.78, 5) is 6.72. The topological polar surface area (TPSA) is 33.1 Å². The Bertz CT molecular complexity index is 328. The van der Waals surface area contributed by atoms with E-state index in [-0.39, 0.29) is 0 Å². The fourth-order valence-electron chi connectivity index (χ4n) is 2.48. The van der Waals surface area contributed by atoms with Crippen LogP contribution in [0, 0.1) is 5.92 Å². The van der Waals surface area contributed by atoms with Gasteiger partial charge in [-0.3, -0.25) is 4.90 Å². The molecule has 0 amide bonds. The van der Waals surface area contributed by atoms with Gasteiger partial charge in [-0.15, -0.1) is 0 Å². The van der Waals surface area contributed by atoms with Crippen molar-refractivity contribution in [3.8, 4) is 0 Å². The smallest absolute Gasteiger partial charge is 0.122 e. The van der Waals surface area contributed by atoms with E-state index in [0.29, 0.717) is 0 Å². The van der Waals surface area contributed by atoms with Crippen molar-refractivity contribution >= 4 is 0 Å². The Balaban J connectivity index is 1.63. The van der Waals surface area contributed by atoms with Crippen LogP contribution in [0.1, 0.15) is 25.1 Å². The molecule has 0 aliphatic carbocycles. The van der Waals surface area contributed by atoms with E-state index in [2.05, 4.69) is 33.9 Å². The number of nitrogens with zero attached hydrogens (tertiary/aromatic N) is 3. The van der Waals surface area contributed by atoms with Gasteiger partial charge in [-0.05, 0) is 51.9 Å². The molecular formula is C13H24N4. The summed E-state index contributed by atoms with van der Waals surface area (Å²) in [5, 5.41) is 3.43. The van der Waals surface area contributed by atoms with E-state index in [9.17, 15) is 0 Å². The highest BCUT2D eigenvalue weighted by molar-refractivity contribution is 4.90. The maximum Gasteiger partial charge on any atom is 0.122 e. The summed E-state index contributed by atoms with van der Waals surface area (Å²) in [7, 11) is 4.24. The van der Waals surface area contributed by atoms with Crippen LogP contribution in [-0.2, 0) is 13.6 Å². The van der Waals surface area contributed by atoms with Crippen LogP contribution in [0.3, 0.4) is 0 Å². The van der Waals surface area contributed by atoms with Gasteiger partial charge >= 0.3 is 0 Å². The molecule has 1 aliphatic rings. The maximum atomic E-state index is 4.35. The summed E-state index contributed by atoms with van der Waals surface area (Å²) in [5.74, 6) is 2.06. The largest absolute Gasteiger partial charge is 0.337 e. The van der Waals surface area contributed by atoms with Gasteiger partial charge in [-0.25, -0.2) is 4.98 Å². The normalized spacial score (nSPS) is 20.3.